The van der Waals surface area contributed by atoms with Gasteiger partial charge in [-0.25, -0.2) is 4.98 Å². The van der Waals surface area contributed by atoms with Crippen molar-refractivity contribution < 1.29 is 19.1 Å². The Balaban J connectivity index is 1.73. The molecule has 4 rings (SSSR count). The number of amides is 1. The molecule has 0 saturated carbocycles. The molecule has 0 aliphatic rings. The first-order valence-electron chi connectivity index (χ1n) is 9.51. The molecule has 0 unspecified atom stereocenters. The molecule has 0 fully saturated rings. The number of nitrogens with two attached hydrogens (primary N) is 1. The third kappa shape index (κ3) is 3.85. The summed E-state index contributed by atoms with van der Waals surface area (Å²) in [6, 6.07) is 12.6. The van der Waals surface area contributed by atoms with Crippen LogP contribution < -0.4 is 10.5 Å². The van der Waals surface area contributed by atoms with Gasteiger partial charge in [-0.15, -0.1) is 0 Å². The van der Waals surface area contributed by atoms with Gasteiger partial charge < -0.3 is 20.2 Å². The number of carbonyl (C=O) groups is 2. The van der Waals surface area contributed by atoms with E-state index in [2.05, 4.69) is 15.1 Å². The minimum absolute atomic E-state index is 0.215. The molecule has 0 spiro atoms. The van der Waals surface area contributed by atoms with Crippen molar-refractivity contribution in [3.8, 4) is 28.5 Å². The number of rotatable bonds is 6. The van der Waals surface area contributed by atoms with E-state index in [4.69, 9.17) is 15.2 Å². The van der Waals surface area contributed by atoms with E-state index >= 15 is 0 Å². The number of hydrogen-bond donors (Lipinski definition) is 2. The fourth-order valence-electron chi connectivity index (χ4n) is 3.36. The average molecular weight is 419 g/mol. The maximum Gasteiger partial charge on any atom is 0.302 e. The van der Waals surface area contributed by atoms with Crippen LogP contribution in [-0.2, 0) is 23.2 Å². The van der Waals surface area contributed by atoms with Gasteiger partial charge in [0.2, 0.25) is 5.91 Å². The van der Waals surface area contributed by atoms with E-state index in [1.54, 1.807) is 37.0 Å². The topological polar surface area (TPSA) is 125 Å². The van der Waals surface area contributed by atoms with Gasteiger partial charge in [0.15, 0.2) is 11.6 Å². The number of esters is 1. The second kappa shape index (κ2) is 7.94. The largest absolute Gasteiger partial charge is 0.492 e. The third-order valence-corrected chi connectivity index (χ3v) is 4.87. The van der Waals surface area contributed by atoms with Crippen LogP contribution in [-0.4, -0.2) is 38.7 Å². The number of primary amides is 1. The second-order valence-electron chi connectivity index (χ2n) is 7.01. The quantitative estimate of drug-likeness (QED) is 0.463. The number of ether oxygens (including phenoxy) is 2. The van der Waals surface area contributed by atoms with Crippen molar-refractivity contribution in [1.29, 1.82) is 0 Å². The van der Waals surface area contributed by atoms with Gasteiger partial charge in [-0.05, 0) is 23.8 Å². The van der Waals surface area contributed by atoms with Gasteiger partial charge in [-0.2, -0.15) is 5.10 Å². The van der Waals surface area contributed by atoms with Crippen LogP contribution in [0.25, 0.3) is 33.8 Å². The van der Waals surface area contributed by atoms with Crippen LogP contribution in [0.5, 0.6) is 5.75 Å². The molecule has 31 heavy (non-hydrogen) atoms. The summed E-state index contributed by atoms with van der Waals surface area (Å²) in [7, 11) is 3.38. The molecule has 0 aliphatic carbocycles. The van der Waals surface area contributed by atoms with E-state index in [9.17, 15) is 9.59 Å². The Bertz CT molecular complexity index is 1290. The minimum Gasteiger partial charge on any atom is -0.492 e. The fraction of sp³-hybridized carbons (Fsp3) is 0.182. The summed E-state index contributed by atoms with van der Waals surface area (Å²) in [5, 5.41) is 4.62. The monoisotopic (exact) mass is 419 g/mol. The number of aromatic nitrogens is 4. The van der Waals surface area contributed by atoms with Crippen LogP contribution in [0.15, 0.2) is 42.5 Å². The van der Waals surface area contributed by atoms with E-state index < -0.39 is 5.91 Å². The predicted molar refractivity (Wildman–Crippen MR) is 114 cm³/mol. The van der Waals surface area contributed by atoms with Crippen LogP contribution in [0.3, 0.4) is 0 Å². The molecular formula is C22H21N5O4. The summed E-state index contributed by atoms with van der Waals surface area (Å²) in [6.07, 6.45) is 0. The van der Waals surface area contributed by atoms with E-state index in [1.807, 2.05) is 24.3 Å². The predicted octanol–water partition coefficient (Wildman–Crippen LogP) is 2.80. The number of methoxy groups -OCH3 is 1. The number of nitrogens with one attached hydrogen (secondary N) is 1. The summed E-state index contributed by atoms with van der Waals surface area (Å²) in [5.74, 6) is 0.281. The molecule has 9 nitrogen and oxygen atoms in total. The number of fused-ring (bicyclic) bond motifs is 1. The normalized spacial score (nSPS) is 10.9. The lowest BCUT2D eigenvalue weighted by Crippen LogP contribution is -2.10. The molecule has 2 heterocycles. The summed E-state index contributed by atoms with van der Waals surface area (Å²) in [6.45, 7) is 1.59. The summed E-state index contributed by atoms with van der Waals surface area (Å²) >= 11 is 0. The van der Waals surface area contributed by atoms with Crippen LogP contribution in [0.4, 0.5) is 0 Å². The van der Waals surface area contributed by atoms with Crippen molar-refractivity contribution >= 4 is 22.9 Å². The lowest BCUT2D eigenvalue weighted by molar-refractivity contribution is -0.142. The summed E-state index contributed by atoms with van der Waals surface area (Å²) in [5.41, 5.74) is 10.2. The second-order valence-corrected chi connectivity index (χ2v) is 7.01. The molecule has 1 amide bonds. The highest BCUT2D eigenvalue weighted by molar-refractivity contribution is 5.96. The molecule has 0 bridgehead atoms. The molecular weight excluding hydrogens is 398 g/mol. The SMILES string of the molecule is COc1c(-c2ccc(COC(C)=O)cc2)nn(C)c1-c1nc2cc(C(N)=O)ccc2[nH]1. The highest BCUT2D eigenvalue weighted by atomic mass is 16.5. The number of imidazole rings is 1. The highest BCUT2D eigenvalue weighted by Gasteiger charge is 2.22. The van der Waals surface area contributed by atoms with Crippen molar-refractivity contribution in [3.05, 3.63) is 53.6 Å². The van der Waals surface area contributed by atoms with Gasteiger partial charge in [0.05, 0.1) is 18.1 Å². The summed E-state index contributed by atoms with van der Waals surface area (Å²) < 4.78 is 12.4. The van der Waals surface area contributed by atoms with Gasteiger partial charge in [-0.3, -0.25) is 14.3 Å². The zero-order valence-corrected chi connectivity index (χ0v) is 17.3. The van der Waals surface area contributed by atoms with Crippen LogP contribution >= 0.6 is 0 Å². The highest BCUT2D eigenvalue weighted by Crippen LogP contribution is 2.38. The smallest absolute Gasteiger partial charge is 0.302 e. The Morgan fingerprint density at radius 2 is 1.90 bits per heavy atom. The first-order valence-corrected chi connectivity index (χ1v) is 9.51. The zero-order valence-electron chi connectivity index (χ0n) is 17.3. The van der Waals surface area contributed by atoms with Gasteiger partial charge in [0.25, 0.3) is 0 Å². The molecule has 0 saturated heterocycles. The minimum atomic E-state index is -0.510. The molecule has 9 heteroatoms. The molecule has 2 aromatic heterocycles. The standard InChI is InChI=1S/C22H21N5O4/c1-12(28)31-11-13-4-6-14(7-5-13)18-20(30-3)19(27(2)26-18)22-24-16-9-8-15(21(23)29)10-17(16)25-22/h4-10H,11H2,1-3H3,(H2,23,29)(H,24,25). The van der Waals surface area contributed by atoms with Crippen molar-refractivity contribution in [2.45, 2.75) is 13.5 Å². The van der Waals surface area contributed by atoms with E-state index in [-0.39, 0.29) is 12.6 Å². The van der Waals surface area contributed by atoms with Crippen LogP contribution in [0.1, 0.15) is 22.8 Å². The number of aryl methyl sites for hydroxylation is 1. The number of hydrogen-bond acceptors (Lipinski definition) is 6. The van der Waals surface area contributed by atoms with E-state index in [0.717, 1.165) is 16.6 Å². The lowest BCUT2D eigenvalue weighted by atomic mass is 10.1. The molecule has 3 N–H and O–H groups in total. The Morgan fingerprint density at radius 3 is 2.55 bits per heavy atom. The van der Waals surface area contributed by atoms with Gasteiger partial charge in [0.1, 0.15) is 18.0 Å². The fourth-order valence-corrected chi connectivity index (χ4v) is 3.36. The van der Waals surface area contributed by atoms with Crippen molar-refractivity contribution in [2.75, 3.05) is 7.11 Å². The summed E-state index contributed by atoms with van der Waals surface area (Å²) in [4.78, 5) is 30.3. The Hall–Kier alpha value is -4.14. The van der Waals surface area contributed by atoms with Crippen molar-refractivity contribution in [3.63, 3.8) is 0 Å². The number of benzene rings is 2. The third-order valence-electron chi connectivity index (χ3n) is 4.87. The number of carbonyl (C=O) groups excluding carboxylic acids is 2. The Labute approximate surface area is 177 Å². The zero-order chi connectivity index (χ0) is 22.1. The van der Waals surface area contributed by atoms with Crippen LogP contribution in [0.2, 0.25) is 0 Å². The van der Waals surface area contributed by atoms with Gasteiger partial charge in [-0.1, -0.05) is 24.3 Å². The van der Waals surface area contributed by atoms with Crippen molar-refractivity contribution in [2.24, 2.45) is 12.8 Å². The molecule has 158 valence electrons. The first kappa shape index (κ1) is 20.1. The van der Waals surface area contributed by atoms with E-state index in [1.165, 1.54) is 6.92 Å². The molecule has 4 aromatic rings. The Morgan fingerprint density at radius 1 is 1.16 bits per heavy atom. The maximum atomic E-state index is 11.5. The maximum absolute atomic E-state index is 11.5. The van der Waals surface area contributed by atoms with E-state index in [0.29, 0.717) is 34.0 Å². The molecule has 0 radical (unpaired) electrons. The number of nitrogens with zero attached hydrogens (tertiary/aromatic N) is 3. The van der Waals surface area contributed by atoms with Gasteiger partial charge >= 0.3 is 5.97 Å². The van der Waals surface area contributed by atoms with Gasteiger partial charge in [0, 0.05) is 25.1 Å². The number of H-pyrrole nitrogens is 1. The van der Waals surface area contributed by atoms with Crippen LogP contribution in [0, 0.1) is 0 Å². The molecule has 0 aliphatic heterocycles. The number of aromatic amines is 1. The van der Waals surface area contributed by atoms with Crippen molar-refractivity contribution in [1.82, 2.24) is 19.7 Å². The average Bonchev–Trinajstić information content (AvgIpc) is 3.31. The Kier molecular flexibility index (Phi) is 5.16. The molecule has 2 aromatic carbocycles. The molecule has 0 atom stereocenters. The lowest BCUT2D eigenvalue weighted by Gasteiger charge is -2.05. The first-order chi connectivity index (χ1) is 14.9.